The maximum Gasteiger partial charge on any atom is 0.264 e. The van der Waals surface area contributed by atoms with Crippen molar-refractivity contribution in [3.05, 3.63) is 36.2 Å². The summed E-state index contributed by atoms with van der Waals surface area (Å²) in [6, 6.07) is 7.51. The molecule has 0 atom stereocenters. The van der Waals surface area contributed by atoms with E-state index >= 15 is 0 Å². The number of benzene rings is 1. The summed E-state index contributed by atoms with van der Waals surface area (Å²) < 4.78 is 9.09. The van der Waals surface area contributed by atoms with E-state index in [0.717, 1.165) is 17.1 Å². The first-order chi connectivity index (χ1) is 8.24. The molecular weight excluding hydrogens is 238 g/mol. The van der Waals surface area contributed by atoms with Gasteiger partial charge in [-0.15, -0.1) is 0 Å². The Kier molecular flexibility index (Phi) is 3.66. The highest BCUT2D eigenvalue weighted by atomic mass is 32.1. The number of nitrogens with zero attached hydrogens (tertiary/aromatic N) is 2. The average molecular weight is 249 g/mol. The van der Waals surface area contributed by atoms with Gasteiger partial charge >= 0.3 is 0 Å². The lowest BCUT2D eigenvalue weighted by molar-refractivity contribution is -0.118. The minimum absolute atomic E-state index is 0.0390. The molecule has 1 aromatic carbocycles. The lowest BCUT2D eigenvalue weighted by Gasteiger charge is -2.05. The fourth-order valence-corrected chi connectivity index (χ4v) is 1.61. The highest BCUT2D eigenvalue weighted by molar-refractivity contribution is 7.09. The number of ether oxygens (including phenoxy) is 1. The van der Waals surface area contributed by atoms with Crippen molar-refractivity contribution in [2.45, 2.75) is 6.92 Å². The number of anilines is 1. The molecule has 17 heavy (non-hydrogen) atoms. The molecule has 1 N–H and O–H groups in total. The van der Waals surface area contributed by atoms with Crippen molar-refractivity contribution in [1.29, 1.82) is 0 Å². The SMILES string of the molecule is Cc1ccc(OCC(=O)Nc2ncns2)cc1. The summed E-state index contributed by atoms with van der Waals surface area (Å²) in [5, 5.41) is 3.06. The molecule has 0 spiro atoms. The molecule has 0 saturated carbocycles. The Hall–Kier alpha value is -1.95. The summed E-state index contributed by atoms with van der Waals surface area (Å²) in [7, 11) is 0. The molecule has 2 rings (SSSR count). The van der Waals surface area contributed by atoms with Gasteiger partial charge in [-0.1, -0.05) is 17.7 Å². The number of rotatable bonds is 4. The summed E-state index contributed by atoms with van der Waals surface area (Å²) in [6.07, 6.45) is 1.39. The van der Waals surface area contributed by atoms with Crippen LogP contribution in [0.4, 0.5) is 5.13 Å². The van der Waals surface area contributed by atoms with Crippen LogP contribution in [0.5, 0.6) is 5.75 Å². The third-order valence-corrected chi connectivity index (χ3v) is 2.58. The summed E-state index contributed by atoms with van der Waals surface area (Å²) in [5.41, 5.74) is 1.15. The smallest absolute Gasteiger partial charge is 0.264 e. The fraction of sp³-hybridized carbons (Fsp3) is 0.182. The topological polar surface area (TPSA) is 64.1 Å². The lowest BCUT2D eigenvalue weighted by Crippen LogP contribution is -2.19. The quantitative estimate of drug-likeness (QED) is 0.898. The molecule has 0 aliphatic rings. The van der Waals surface area contributed by atoms with Crippen LogP contribution >= 0.6 is 11.5 Å². The number of aromatic nitrogens is 2. The Morgan fingerprint density at radius 1 is 1.41 bits per heavy atom. The Balaban J connectivity index is 1.82. The molecule has 1 amide bonds. The second-order valence-corrected chi connectivity index (χ2v) is 4.18. The Morgan fingerprint density at radius 2 is 2.18 bits per heavy atom. The minimum atomic E-state index is -0.248. The van der Waals surface area contributed by atoms with Crippen LogP contribution in [0, 0.1) is 6.92 Å². The van der Waals surface area contributed by atoms with Crippen LogP contribution in [0.25, 0.3) is 0 Å². The van der Waals surface area contributed by atoms with E-state index < -0.39 is 0 Å². The van der Waals surface area contributed by atoms with Gasteiger partial charge in [0, 0.05) is 11.5 Å². The summed E-state index contributed by atoms with van der Waals surface area (Å²) in [4.78, 5) is 15.3. The molecule has 5 nitrogen and oxygen atoms in total. The van der Waals surface area contributed by atoms with Crippen LogP contribution in [0.15, 0.2) is 30.6 Å². The van der Waals surface area contributed by atoms with Gasteiger partial charge in [-0.05, 0) is 19.1 Å². The van der Waals surface area contributed by atoms with Crippen molar-refractivity contribution < 1.29 is 9.53 Å². The number of carbonyl (C=O) groups is 1. The highest BCUT2D eigenvalue weighted by Gasteiger charge is 2.05. The largest absolute Gasteiger partial charge is 0.484 e. The molecule has 0 fully saturated rings. The summed E-state index contributed by atoms with van der Waals surface area (Å²) in [6.45, 7) is 1.95. The third-order valence-electron chi connectivity index (χ3n) is 2.00. The molecule has 0 saturated heterocycles. The first-order valence-corrected chi connectivity index (χ1v) is 5.77. The maximum atomic E-state index is 11.5. The number of hydrogen-bond acceptors (Lipinski definition) is 5. The second kappa shape index (κ2) is 5.40. The van der Waals surface area contributed by atoms with Crippen LogP contribution in [-0.2, 0) is 4.79 Å². The van der Waals surface area contributed by atoms with E-state index in [1.807, 2.05) is 31.2 Å². The first kappa shape index (κ1) is 11.5. The monoisotopic (exact) mass is 249 g/mol. The first-order valence-electron chi connectivity index (χ1n) is 5.00. The van der Waals surface area contributed by atoms with E-state index in [4.69, 9.17) is 4.74 Å². The van der Waals surface area contributed by atoms with E-state index in [9.17, 15) is 4.79 Å². The van der Waals surface area contributed by atoms with Gasteiger partial charge in [0.2, 0.25) is 5.13 Å². The van der Waals surface area contributed by atoms with Crippen LogP contribution in [0.1, 0.15) is 5.56 Å². The lowest BCUT2D eigenvalue weighted by atomic mass is 10.2. The highest BCUT2D eigenvalue weighted by Crippen LogP contribution is 2.11. The third kappa shape index (κ3) is 3.53. The van der Waals surface area contributed by atoms with E-state index in [-0.39, 0.29) is 12.5 Å². The molecule has 0 aliphatic carbocycles. The molecular formula is C11H11N3O2S. The molecule has 0 radical (unpaired) electrons. The number of hydrogen-bond donors (Lipinski definition) is 1. The molecule has 88 valence electrons. The molecule has 0 bridgehead atoms. The number of aryl methyl sites for hydroxylation is 1. The van der Waals surface area contributed by atoms with Crippen molar-refractivity contribution in [2.24, 2.45) is 0 Å². The van der Waals surface area contributed by atoms with Gasteiger partial charge in [-0.2, -0.15) is 4.37 Å². The van der Waals surface area contributed by atoms with Gasteiger partial charge in [0.15, 0.2) is 6.61 Å². The second-order valence-electron chi connectivity index (χ2n) is 3.40. The molecule has 0 aliphatic heterocycles. The molecule has 2 aromatic rings. The van der Waals surface area contributed by atoms with Crippen molar-refractivity contribution in [3.63, 3.8) is 0 Å². The average Bonchev–Trinajstić information content (AvgIpc) is 2.81. The van der Waals surface area contributed by atoms with Crippen molar-refractivity contribution >= 4 is 22.6 Å². The van der Waals surface area contributed by atoms with Crippen LogP contribution in [0.2, 0.25) is 0 Å². The Morgan fingerprint density at radius 3 is 2.82 bits per heavy atom. The number of nitrogens with one attached hydrogen (secondary N) is 1. The van der Waals surface area contributed by atoms with Gasteiger partial charge in [0.25, 0.3) is 5.91 Å². The zero-order valence-electron chi connectivity index (χ0n) is 9.21. The normalized spacial score (nSPS) is 9.94. The van der Waals surface area contributed by atoms with E-state index in [1.54, 1.807) is 0 Å². The molecule has 0 unspecified atom stereocenters. The maximum absolute atomic E-state index is 11.5. The van der Waals surface area contributed by atoms with E-state index in [1.165, 1.54) is 6.33 Å². The van der Waals surface area contributed by atoms with Crippen molar-refractivity contribution in [2.75, 3.05) is 11.9 Å². The predicted molar refractivity (Wildman–Crippen MR) is 65.2 cm³/mol. The van der Waals surface area contributed by atoms with Crippen LogP contribution in [0.3, 0.4) is 0 Å². The Labute approximate surface area is 103 Å². The fourth-order valence-electron chi connectivity index (χ4n) is 1.17. The number of amides is 1. The van der Waals surface area contributed by atoms with Gasteiger partial charge in [-0.25, -0.2) is 4.98 Å². The summed E-state index contributed by atoms with van der Waals surface area (Å²) in [5.74, 6) is 0.422. The molecule has 6 heteroatoms. The van der Waals surface area contributed by atoms with Crippen molar-refractivity contribution in [3.8, 4) is 5.75 Å². The van der Waals surface area contributed by atoms with Gasteiger partial charge in [0.1, 0.15) is 12.1 Å². The zero-order chi connectivity index (χ0) is 12.1. The van der Waals surface area contributed by atoms with Crippen LogP contribution in [-0.4, -0.2) is 21.9 Å². The van der Waals surface area contributed by atoms with Gasteiger partial charge < -0.3 is 4.74 Å². The minimum Gasteiger partial charge on any atom is -0.484 e. The van der Waals surface area contributed by atoms with E-state index in [2.05, 4.69) is 14.7 Å². The van der Waals surface area contributed by atoms with Crippen molar-refractivity contribution in [1.82, 2.24) is 9.36 Å². The standard InChI is InChI=1S/C11H11N3O2S/c1-8-2-4-9(5-3-8)16-6-10(15)14-11-12-7-13-17-11/h2-5,7H,6H2,1H3,(H,12,13,14,15). The van der Waals surface area contributed by atoms with Crippen LogP contribution < -0.4 is 10.1 Å². The molecule has 1 aromatic heterocycles. The summed E-state index contributed by atoms with van der Waals surface area (Å²) >= 11 is 1.13. The Bertz CT molecular complexity index is 482. The van der Waals surface area contributed by atoms with Gasteiger partial charge in [-0.3, -0.25) is 10.1 Å². The van der Waals surface area contributed by atoms with Gasteiger partial charge in [0.05, 0.1) is 0 Å². The predicted octanol–water partition coefficient (Wildman–Crippen LogP) is 1.86. The van der Waals surface area contributed by atoms with E-state index in [0.29, 0.717) is 10.9 Å². The number of carbonyl (C=O) groups excluding carboxylic acids is 1. The zero-order valence-corrected chi connectivity index (χ0v) is 10.0. The molecule has 1 heterocycles.